The number of aryl methyl sites for hydroxylation is 1. The molecular weight excluding hydrogens is 412 g/mol. The Bertz CT molecular complexity index is 1270. The summed E-state index contributed by atoms with van der Waals surface area (Å²) in [5.74, 6) is 3.20. The Balaban J connectivity index is 1.55. The maximum absolute atomic E-state index is 5.91. The van der Waals surface area contributed by atoms with Gasteiger partial charge in [0.15, 0.2) is 17.5 Å². The molecule has 0 radical (unpaired) electrons. The van der Waals surface area contributed by atoms with E-state index in [-0.39, 0.29) is 0 Å². The quantitative estimate of drug-likeness (QED) is 0.488. The Morgan fingerprint density at radius 1 is 1.16 bits per heavy atom. The first-order valence-corrected chi connectivity index (χ1v) is 11.0. The van der Waals surface area contributed by atoms with Crippen LogP contribution in [0.2, 0.25) is 0 Å². The number of hydrogen-bond donors (Lipinski definition) is 0. The maximum atomic E-state index is 5.91. The van der Waals surface area contributed by atoms with Crippen LogP contribution in [0.4, 0.5) is 5.82 Å². The van der Waals surface area contributed by atoms with Gasteiger partial charge in [-0.3, -0.25) is 4.57 Å². The molecule has 1 aromatic carbocycles. The highest BCUT2D eigenvalue weighted by molar-refractivity contribution is 7.09. The van der Waals surface area contributed by atoms with E-state index in [4.69, 9.17) is 14.7 Å². The van der Waals surface area contributed by atoms with Crippen molar-refractivity contribution in [2.75, 3.05) is 24.7 Å². The average Bonchev–Trinajstić information content (AvgIpc) is 3.47. The molecule has 0 aliphatic carbocycles. The van der Waals surface area contributed by atoms with Crippen molar-refractivity contribution in [3.8, 4) is 27.6 Å². The van der Waals surface area contributed by atoms with Crippen molar-refractivity contribution >= 4 is 17.4 Å². The van der Waals surface area contributed by atoms with E-state index in [2.05, 4.69) is 36.2 Å². The molecule has 1 fully saturated rings. The fourth-order valence-corrected chi connectivity index (χ4v) is 5.17. The minimum Gasteiger partial charge on any atom is -0.377 e. The van der Waals surface area contributed by atoms with E-state index < -0.39 is 5.54 Å². The fourth-order valence-electron chi connectivity index (χ4n) is 4.54. The van der Waals surface area contributed by atoms with E-state index in [0.29, 0.717) is 19.0 Å². The molecule has 156 valence electrons. The first-order chi connectivity index (χ1) is 15.2. The highest BCUT2D eigenvalue weighted by Gasteiger charge is 2.49. The Morgan fingerprint density at radius 2 is 2.03 bits per heavy atom. The van der Waals surface area contributed by atoms with Gasteiger partial charge >= 0.3 is 0 Å². The molecule has 0 saturated carbocycles. The van der Waals surface area contributed by atoms with Crippen LogP contribution in [0.1, 0.15) is 25.0 Å². The second-order valence-electron chi connectivity index (χ2n) is 7.71. The van der Waals surface area contributed by atoms with Crippen LogP contribution in [0.15, 0.2) is 36.5 Å². The van der Waals surface area contributed by atoms with E-state index in [1.54, 1.807) is 0 Å². The molecule has 6 rings (SSSR count). The second kappa shape index (κ2) is 6.89. The number of morpholine rings is 1. The number of rotatable bonds is 3. The summed E-state index contributed by atoms with van der Waals surface area (Å²) >= 11 is 1.31. The third kappa shape index (κ3) is 2.58. The van der Waals surface area contributed by atoms with E-state index >= 15 is 0 Å². The zero-order valence-corrected chi connectivity index (χ0v) is 18.0. The summed E-state index contributed by atoms with van der Waals surface area (Å²) in [7, 11) is 0. The molecule has 3 aromatic heterocycles. The summed E-state index contributed by atoms with van der Waals surface area (Å²) in [5.41, 5.74) is 2.29. The van der Waals surface area contributed by atoms with Crippen molar-refractivity contribution < 1.29 is 4.74 Å². The highest BCUT2D eigenvalue weighted by Crippen LogP contribution is 2.45. The van der Waals surface area contributed by atoms with Crippen LogP contribution in [-0.4, -0.2) is 54.1 Å². The first-order valence-electron chi connectivity index (χ1n) is 10.3. The molecule has 1 atom stereocenters. The van der Waals surface area contributed by atoms with Gasteiger partial charge in [-0.2, -0.15) is 0 Å². The molecule has 0 amide bonds. The Kier molecular flexibility index (Phi) is 4.12. The van der Waals surface area contributed by atoms with Gasteiger partial charge in [0.05, 0.1) is 19.4 Å². The van der Waals surface area contributed by atoms with Crippen molar-refractivity contribution in [3.05, 3.63) is 48.2 Å². The highest BCUT2D eigenvalue weighted by atomic mass is 32.1. The predicted octanol–water partition coefficient (Wildman–Crippen LogP) is 3.01. The molecule has 0 unspecified atom stereocenters. The number of anilines is 1. The smallest absolute Gasteiger partial charge is 0.175 e. The Hall–Kier alpha value is -3.24. The van der Waals surface area contributed by atoms with E-state index in [1.807, 2.05) is 43.5 Å². The van der Waals surface area contributed by atoms with Crippen LogP contribution in [0, 0.1) is 6.92 Å². The first kappa shape index (κ1) is 18.5. The van der Waals surface area contributed by atoms with E-state index in [1.165, 1.54) is 11.5 Å². The van der Waals surface area contributed by atoms with Crippen molar-refractivity contribution in [2.24, 2.45) is 0 Å². The Labute approximate surface area is 182 Å². The normalized spacial score (nSPS) is 19.6. The number of nitrogens with zero attached hydrogens (tertiary/aromatic N) is 8. The van der Waals surface area contributed by atoms with Crippen LogP contribution >= 0.6 is 11.5 Å². The van der Waals surface area contributed by atoms with Crippen molar-refractivity contribution in [1.82, 2.24) is 34.3 Å². The van der Waals surface area contributed by atoms with Gasteiger partial charge in [0.25, 0.3) is 0 Å². The third-order valence-electron chi connectivity index (χ3n) is 6.13. The van der Waals surface area contributed by atoms with Gasteiger partial charge in [0.1, 0.15) is 27.6 Å². The SMILES string of the molecule is CC[C@@]12COCCN1c1nc(-c3snnc3-c3ccccc3)ncc1-n1c(C)nnc12. The molecule has 2 aliphatic rings. The summed E-state index contributed by atoms with van der Waals surface area (Å²) in [6.07, 6.45) is 2.70. The minimum atomic E-state index is -0.396. The molecule has 4 aromatic rings. The van der Waals surface area contributed by atoms with Crippen molar-refractivity contribution in [3.63, 3.8) is 0 Å². The maximum Gasteiger partial charge on any atom is 0.175 e. The lowest BCUT2D eigenvalue weighted by molar-refractivity contribution is 0.0390. The summed E-state index contributed by atoms with van der Waals surface area (Å²) < 4.78 is 12.2. The monoisotopic (exact) mass is 432 g/mol. The third-order valence-corrected chi connectivity index (χ3v) is 6.85. The minimum absolute atomic E-state index is 0.396. The largest absolute Gasteiger partial charge is 0.377 e. The predicted molar refractivity (Wildman–Crippen MR) is 116 cm³/mol. The molecule has 2 aliphatic heterocycles. The van der Waals surface area contributed by atoms with E-state index in [9.17, 15) is 0 Å². The second-order valence-corrected chi connectivity index (χ2v) is 8.47. The summed E-state index contributed by atoms with van der Waals surface area (Å²) in [6, 6.07) is 10.0. The lowest BCUT2D eigenvalue weighted by Crippen LogP contribution is -2.58. The zero-order valence-electron chi connectivity index (χ0n) is 17.2. The number of ether oxygens (including phenoxy) is 1. The number of hydrogen-bond acceptors (Lipinski definition) is 9. The summed E-state index contributed by atoms with van der Waals surface area (Å²) in [6.45, 7) is 6.04. The fraction of sp³-hybridized carbons (Fsp3) is 0.333. The van der Waals surface area contributed by atoms with Gasteiger partial charge in [0, 0.05) is 12.1 Å². The van der Waals surface area contributed by atoms with Gasteiger partial charge in [-0.15, -0.1) is 15.3 Å². The molecule has 0 spiro atoms. The number of aromatic nitrogens is 7. The molecule has 10 heteroatoms. The molecule has 5 heterocycles. The summed E-state index contributed by atoms with van der Waals surface area (Å²) in [4.78, 5) is 12.9. The number of fused-ring (bicyclic) bond motifs is 6. The average molecular weight is 433 g/mol. The lowest BCUT2D eigenvalue weighted by atomic mass is 9.90. The van der Waals surface area contributed by atoms with Crippen LogP contribution in [0.3, 0.4) is 0 Å². The Morgan fingerprint density at radius 3 is 2.87 bits per heavy atom. The molecular formula is C21H20N8OS. The summed E-state index contributed by atoms with van der Waals surface area (Å²) in [5, 5.41) is 13.2. The van der Waals surface area contributed by atoms with Crippen molar-refractivity contribution in [1.29, 1.82) is 0 Å². The number of benzene rings is 1. The molecule has 9 nitrogen and oxygen atoms in total. The van der Waals surface area contributed by atoms with Gasteiger partial charge < -0.3 is 9.64 Å². The van der Waals surface area contributed by atoms with Crippen LogP contribution in [0.25, 0.3) is 27.6 Å². The van der Waals surface area contributed by atoms with Crippen LogP contribution in [0.5, 0.6) is 0 Å². The van der Waals surface area contributed by atoms with Gasteiger partial charge in [-0.25, -0.2) is 9.97 Å². The van der Waals surface area contributed by atoms with E-state index in [0.717, 1.165) is 52.3 Å². The van der Waals surface area contributed by atoms with Gasteiger partial charge in [-0.05, 0) is 24.9 Å². The zero-order chi connectivity index (χ0) is 21.0. The van der Waals surface area contributed by atoms with Crippen molar-refractivity contribution in [2.45, 2.75) is 25.8 Å². The van der Waals surface area contributed by atoms with Crippen LogP contribution in [-0.2, 0) is 10.3 Å². The topological polar surface area (TPSA) is 94.7 Å². The van der Waals surface area contributed by atoms with Crippen LogP contribution < -0.4 is 4.90 Å². The molecule has 1 saturated heterocycles. The standard InChI is InChI=1S/C21H20N8OS/c1-3-21-12-30-10-9-28(21)19-15(29-13(2)24-26-20(21)29)11-22-18(23-19)17-16(25-27-31-17)14-7-5-4-6-8-14/h4-8,11H,3,9-10,12H2,1-2H3/t21-/m0/s1. The lowest BCUT2D eigenvalue weighted by Gasteiger charge is -2.49. The van der Waals surface area contributed by atoms with Gasteiger partial charge in [-0.1, -0.05) is 41.7 Å². The molecule has 31 heavy (non-hydrogen) atoms. The van der Waals surface area contributed by atoms with Gasteiger partial charge in [0.2, 0.25) is 0 Å². The molecule has 0 bridgehead atoms. The molecule has 0 N–H and O–H groups in total.